The van der Waals surface area contributed by atoms with Crippen molar-refractivity contribution in [1.29, 1.82) is 0 Å². The second-order valence-electron chi connectivity index (χ2n) is 4.23. The first-order valence-electron chi connectivity index (χ1n) is 5.64. The van der Waals surface area contributed by atoms with Gasteiger partial charge in [-0.2, -0.15) is 0 Å². The Morgan fingerprint density at radius 1 is 1.16 bits per heavy atom. The van der Waals surface area contributed by atoms with Gasteiger partial charge in [-0.1, -0.05) is 22.0 Å². The van der Waals surface area contributed by atoms with Crippen LogP contribution in [0.15, 0.2) is 40.9 Å². The maximum absolute atomic E-state index is 13.5. The van der Waals surface area contributed by atoms with E-state index in [9.17, 15) is 13.9 Å². The van der Waals surface area contributed by atoms with Gasteiger partial charge in [-0.3, -0.25) is 0 Å². The third-order valence-corrected chi connectivity index (χ3v) is 3.33. The van der Waals surface area contributed by atoms with Crippen LogP contribution in [-0.2, 0) is 6.42 Å². The van der Waals surface area contributed by atoms with Gasteiger partial charge in [-0.15, -0.1) is 0 Å². The van der Waals surface area contributed by atoms with Gasteiger partial charge in [-0.05, 0) is 29.8 Å². The van der Waals surface area contributed by atoms with E-state index >= 15 is 0 Å². The SMILES string of the molecule is Nc1ccc(Br)cc1C(O)Cc1ccc(F)cc1F. The summed E-state index contributed by atoms with van der Waals surface area (Å²) < 4.78 is 27.1. The smallest absolute Gasteiger partial charge is 0.129 e. The predicted molar refractivity (Wildman–Crippen MR) is 73.6 cm³/mol. The fourth-order valence-corrected chi connectivity index (χ4v) is 2.22. The van der Waals surface area contributed by atoms with E-state index in [1.54, 1.807) is 18.2 Å². The molecule has 5 heteroatoms. The number of benzene rings is 2. The van der Waals surface area contributed by atoms with Gasteiger partial charge in [0.1, 0.15) is 11.6 Å². The first-order chi connectivity index (χ1) is 8.97. The highest BCUT2D eigenvalue weighted by Crippen LogP contribution is 2.27. The van der Waals surface area contributed by atoms with E-state index in [1.807, 2.05) is 0 Å². The number of rotatable bonds is 3. The number of halogens is 3. The molecule has 0 fully saturated rings. The summed E-state index contributed by atoms with van der Waals surface area (Å²) in [7, 11) is 0. The second-order valence-corrected chi connectivity index (χ2v) is 5.14. The molecule has 100 valence electrons. The molecule has 0 aliphatic carbocycles. The highest BCUT2D eigenvalue weighted by molar-refractivity contribution is 9.10. The van der Waals surface area contributed by atoms with Gasteiger partial charge < -0.3 is 10.8 Å². The lowest BCUT2D eigenvalue weighted by Gasteiger charge is -2.14. The van der Waals surface area contributed by atoms with Crippen molar-refractivity contribution in [2.24, 2.45) is 0 Å². The molecule has 0 bridgehead atoms. The van der Waals surface area contributed by atoms with E-state index in [1.165, 1.54) is 6.07 Å². The van der Waals surface area contributed by atoms with Crippen LogP contribution in [0, 0.1) is 11.6 Å². The summed E-state index contributed by atoms with van der Waals surface area (Å²) in [6, 6.07) is 8.37. The van der Waals surface area contributed by atoms with E-state index < -0.39 is 17.7 Å². The fraction of sp³-hybridized carbons (Fsp3) is 0.143. The Morgan fingerprint density at radius 3 is 2.58 bits per heavy atom. The molecule has 0 spiro atoms. The molecule has 0 amide bonds. The lowest BCUT2D eigenvalue weighted by Crippen LogP contribution is -2.06. The van der Waals surface area contributed by atoms with Crippen molar-refractivity contribution < 1.29 is 13.9 Å². The van der Waals surface area contributed by atoms with Crippen LogP contribution in [0.3, 0.4) is 0 Å². The second kappa shape index (κ2) is 5.67. The average molecular weight is 328 g/mol. The number of hydrogen-bond acceptors (Lipinski definition) is 2. The standard InChI is InChI=1S/C14H12BrF2NO/c15-9-2-4-13(18)11(6-9)14(19)5-8-1-3-10(16)7-12(8)17/h1-4,6-7,14,19H,5,18H2. The van der Waals surface area contributed by atoms with Crippen LogP contribution in [0.25, 0.3) is 0 Å². The Bertz CT molecular complexity index is 604. The number of nitrogen functional groups attached to an aromatic ring is 1. The summed E-state index contributed by atoms with van der Waals surface area (Å²) in [5.74, 6) is -1.31. The number of hydrogen-bond donors (Lipinski definition) is 2. The predicted octanol–water partition coefficient (Wildman–Crippen LogP) is 3.59. The molecule has 0 aromatic heterocycles. The molecule has 2 aromatic rings. The van der Waals surface area contributed by atoms with Crippen LogP contribution in [0.5, 0.6) is 0 Å². The minimum absolute atomic E-state index is 0.0345. The van der Waals surface area contributed by atoms with Gasteiger partial charge in [0.25, 0.3) is 0 Å². The van der Waals surface area contributed by atoms with Gasteiger partial charge in [0.15, 0.2) is 0 Å². The Morgan fingerprint density at radius 2 is 1.89 bits per heavy atom. The number of anilines is 1. The summed E-state index contributed by atoms with van der Waals surface area (Å²) in [6.07, 6.45) is -0.912. The molecule has 0 saturated carbocycles. The van der Waals surface area contributed by atoms with Crippen molar-refractivity contribution in [1.82, 2.24) is 0 Å². The summed E-state index contributed by atoms with van der Waals surface area (Å²) in [4.78, 5) is 0. The van der Waals surface area contributed by atoms with Crippen molar-refractivity contribution >= 4 is 21.6 Å². The third-order valence-electron chi connectivity index (χ3n) is 2.84. The van der Waals surface area contributed by atoms with Crippen LogP contribution >= 0.6 is 15.9 Å². The lowest BCUT2D eigenvalue weighted by molar-refractivity contribution is 0.178. The van der Waals surface area contributed by atoms with Gasteiger partial charge in [0.05, 0.1) is 6.10 Å². The van der Waals surface area contributed by atoms with E-state index in [4.69, 9.17) is 5.73 Å². The van der Waals surface area contributed by atoms with Crippen molar-refractivity contribution in [3.63, 3.8) is 0 Å². The normalized spacial score (nSPS) is 12.4. The zero-order valence-electron chi connectivity index (χ0n) is 9.91. The highest BCUT2D eigenvalue weighted by atomic mass is 79.9. The van der Waals surface area contributed by atoms with Gasteiger partial charge in [-0.25, -0.2) is 8.78 Å². The Kier molecular flexibility index (Phi) is 4.17. The monoisotopic (exact) mass is 327 g/mol. The van der Waals surface area contributed by atoms with Crippen LogP contribution in [0.1, 0.15) is 17.2 Å². The zero-order chi connectivity index (χ0) is 14.0. The van der Waals surface area contributed by atoms with Crippen molar-refractivity contribution in [3.05, 3.63) is 63.6 Å². The van der Waals surface area contributed by atoms with Crippen LogP contribution in [0.4, 0.5) is 14.5 Å². The lowest BCUT2D eigenvalue weighted by atomic mass is 10.00. The molecule has 1 atom stereocenters. The highest BCUT2D eigenvalue weighted by Gasteiger charge is 2.15. The third kappa shape index (κ3) is 3.30. The molecular formula is C14H12BrF2NO. The van der Waals surface area contributed by atoms with Crippen molar-refractivity contribution in [2.45, 2.75) is 12.5 Å². The minimum atomic E-state index is -0.947. The maximum Gasteiger partial charge on any atom is 0.129 e. The van der Waals surface area contributed by atoms with Crippen molar-refractivity contribution in [2.75, 3.05) is 5.73 Å². The Hall–Kier alpha value is -1.46. The molecule has 3 N–H and O–H groups in total. The molecule has 2 nitrogen and oxygen atoms in total. The minimum Gasteiger partial charge on any atom is -0.398 e. The summed E-state index contributed by atoms with van der Waals surface area (Å²) >= 11 is 3.28. The quantitative estimate of drug-likeness (QED) is 0.846. The largest absolute Gasteiger partial charge is 0.398 e. The molecule has 1 unspecified atom stereocenters. The summed E-state index contributed by atoms with van der Waals surface area (Å²) in [5, 5.41) is 10.1. The van der Waals surface area contributed by atoms with E-state index in [2.05, 4.69) is 15.9 Å². The fourth-order valence-electron chi connectivity index (χ4n) is 1.84. The Balaban J connectivity index is 2.25. The maximum atomic E-state index is 13.5. The molecule has 0 aliphatic heterocycles. The molecule has 0 heterocycles. The Labute approximate surface area is 118 Å². The van der Waals surface area contributed by atoms with Crippen LogP contribution in [0.2, 0.25) is 0 Å². The molecule has 2 rings (SSSR count). The molecule has 0 saturated heterocycles. The molecule has 19 heavy (non-hydrogen) atoms. The molecule has 0 aliphatic rings. The van der Waals surface area contributed by atoms with E-state index in [-0.39, 0.29) is 12.0 Å². The number of nitrogens with two attached hydrogens (primary N) is 1. The zero-order valence-corrected chi connectivity index (χ0v) is 11.5. The summed E-state index contributed by atoms with van der Waals surface area (Å²) in [6.45, 7) is 0. The summed E-state index contributed by atoms with van der Waals surface area (Å²) in [5.41, 5.74) is 6.96. The van der Waals surface area contributed by atoms with E-state index in [0.717, 1.165) is 16.6 Å². The van der Waals surface area contributed by atoms with Crippen LogP contribution < -0.4 is 5.73 Å². The van der Waals surface area contributed by atoms with Gasteiger partial charge >= 0.3 is 0 Å². The number of aliphatic hydroxyl groups excluding tert-OH is 1. The topological polar surface area (TPSA) is 46.2 Å². The number of aliphatic hydroxyl groups is 1. The van der Waals surface area contributed by atoms with Crippen molar-refractivity contribution in [3.8, 4) is 0 Å². The molecule has 0 radical (unpaired) electrons. The van der Waals surface area contributed by atoms with Gasteiger partial charge in [0, 0.05) is 28.2 Å². The first kappa shape index (κ1) is 14.0. The molecule has 2 aromatic carbocycles. The van der Waals surface area contributed by atoms with E-state index in [0.29, 0.717) is 11.3 Å². The average Bonchev–Trinajstić information content (AvgIpc) is 2.35. The first-order valence-corrected chi connectivity index (χ1v) is 6.43. The molecular weight excluding hydrogens is 316 g/mol. The van der Waals surface area contributed by atoms with Crippen LogP contribution in [-0.4, -0.2) is 5.11 Å². The van der Waals surface area contributed by atoms with Gasteiger partial charge in [0.2, 0.25) is 0 Å².